The minimum atomic E-state index is -0.477. The number of amides is 1. The standard InChI is InChI=1S/C16H20N4O4/c1-11(2)7-13(10-21)18-16(22)12-8-17-19(9-12)14-3-5-15(6-4-14)20(23)24/h3-6,8-9,11,13,21H,7,10H2,1-2H3,(H,18,22). The Balaban J connectivity index is 2.09. The number of aliphatic hydroxyl groups is 1. The molecular formula is C16H20N4O4. The Morgan fingerprint density at radius 2 is 2.04 bits per heavy atom. The van der Waals surface area contributed by atoms with E-state index in [1.165, 1.54) is 23.0 Å². The van der Waals surface area contributed by atoms with Crippen LogP contribution in [0, 0.1) is 16.0 Å². The van der Waals surface area contributed by atoms with Crippen LogP contribution in [-0.4, -0.2) is 38.4 Å². The van der Waals surface area contributed by atoms with Gasteiger partial charge in [0.1, 0.15) is 0 Å². The molecule has 8 heteroatoms. The van der Waals surface area contributed by atoms with E-state index in [-0.39, 0.29) is 24.2 Å². The minimum absolute atomic E-state index is 0.0108. The van der Waals surface area contributed by atoms with Crippen LogP contribution in [0.5, 0.6) is 0 Å². The van der Waals surface area contributed by atoms with Gasteiger partial charge in [-0.2, -0.15) is 5.10 Å². The van der Waals surface area contributed by atoms with E-state index in [9.17, 15) is 20.0 Å². The number of non-ortho nitro benzene ring substituents is 1. The number of nitro benzene ring substituents is 1. The van der Waals surface area contributed by atoms with Gasteiger partial charge in [0.25, 0.3) is 11.6 Å². The van der Waals surface area contributed by atoms with E-state index in [4.69, 9.17) is 0 Å². The molecule has 8 nitrogen and oxygen atoms in total. The van der Waals surface area contributed by atoms with Gasteiger partial charge in [0.2, 0.25) is 0 Å². The molecule has 2 N–H and O–H groups in total. The van der Waals surface area contributed by atoms with Gasteiger partial charge in [0, 0.05) is 18.3 Å². The lowest BCUT2D eigenvalue weighted by Crippen LogP contribution is -2.38. The molecule has 0 saturated carbocycles. The number of hydrogen-bond donors (Lipinski definition) is 2. The topological polar surface area (TPSA) is 110 Å². The summed E-state index contributed by atoms with van der Waals surface area (Å²) in [6.07, 6.45) is 3.64. The number of aliphatic hydroxyl groups excluding tert-OH is 1. The number of nitrogens with one attached hydrogen (secondary N) is 1. The van der Waals surface area contributed by atoms with Crippen molar-refractivity contribution in [2.24, 2.45) is 5.92 Å². The molecule has 0 bridgehead atoms. The molecule has 0 aliphatic rings. The highest BCUT2D eigenvalue weighted by Gasteiger charge is 2.16. The number of rotatable bonds is 7. The average molecular weight is 332 g/mol. The van der Waals surface area contributed by atoms with E-state index in [0.29, 0.717) is 23.6 Å². The zero-order valence-corrected chi connectivity index (χ0v) is 13.5. The Hall–Kier alpha value is -2.74. The summed E-state index contributed by atoms with van der Waals surface area (Å²) in [5.74, 6) is 0.0353. The first-order valence-electron chi connectivity index (χ1n) is 7.62. The van der Waals surface area contributed by atoms with Gasteiger partial charge in [-0.15, -0.1) is 0 Å². The number of nitrogens with zero attached hydrogens (tertiary/aromatic N) is 3. The van der Waals surface area contributed by atoms with E-state index in [2.05, 4.69) is 10.4 Å². The van der Waals surface area contributed by atoms with Gasteiger partial charge in [0.15, 0.2) is 0 Å². The molecule has 0 spiro atoms. The molecule has 2 rings (SSSR count). The Bertz CT molecular complexity index is 709. The molecule has 0 aliphatic carbocycles. The quantitative estimate of drug-likeness (QED) is 0.594. The number of hydrogen-bond acceptors (Lipinski definition) is 5. The molecule has 0 aliphatic heterocycles. The summed E-state index contributed by atoms with van der Waals surface area (Å²) in [5, 5.41) is 26.9. The van der Waals surface area contributed by atoms with Crippen molar-refractivity contribution < 1.29 is 14.8 Å². The highest BCUT2D eigenvalue weighted by molar-refractivity contribution is 5.94. The Morgan fingerprint density at radius 1 is 1.38 bits per heavy atom. The summed E-state index contributed by atoms with van der Waals surface area (Å²) in [5.41, 5.74) is 0.958. The van der Waals surface area contributed by atoms with Crippen LogP contribution in [0.2, 0.25) is 0 Å². The van der Waals surface area contributed by atoms with Crippen LogP contribution < -0.4 is 5.32 Å². The first-order valence-corrected chi connectivity index (χ1v) is 7.62. The Kier molecular flexibility index (Phi) is 5.64. The third kappa shape index (κ3) is 4.39. The maximum atomic E-state index is 12.2. The summed E-state index contributed by atoms with van der Waals surface area (Å²) in [7, 11) is 0. The van der Waals surface area contributed by atoms with Gasteiger partial charge < -0.3 is 10.4 Å². The van der Waals surface area contributed by atoms with Crippen molar-refractivity contribution in [1.29, 1.82) is 0 Å². The van der Waals surface area contributed by atoms with Gasteiger partial charge in [-0.1, -0.05) is 13.8 Å². The van der Waals surface area contributed by atoms with Crippen LogP contribution in [-0.2, 0) is 0 Å². The number of nitro groups is 1. The molecule has 1 unspecified atom stereocenters. The van der Waals surface area contributed by atoms with Crippen molar-refractivity contribution in [2.45, 2.75) is 26.3 Å². The second-order valence-electron chi connectivity index (χ2n) is 5.93. The van der Waals surface area contributed by atoms with Crippen LogP contribution in [0.3, 0.4) is 0 Å². The van der Waals surface area contributed by atoms with Crippen molar-refractivity contribution in [2.75, 3.05) is 6.61 Å². The predicted molar refractivity (Wildman–Crippen MR) is 88.0 cm³/mol. The largest absolute Gasteiger partial charge is 0.394 e. The second-order valence-corrected chi connectivity index (χ2v) is 5.93. The zero-order valence-electron chi connectivity index (χ0n) is 13.5. The monoisotopic (exact) mass is 332 g/mol. The van der Waals surface area contributed by atoms with E-state index in [1.54, 1.807) is 18.3 Å². The lowest BCUT2D eigenvalue weighted by Gasteiger charge is -2.17. The van der Waals surface area contributed by atoms with Crippen LogP contribution in [0.15, 0.2) is 36.7 Å². The molecule has 0 fully saturated rings. The first-order chi connectivity index (χ1) is 11.4. The molecule has 2 aromatic rings. The van der Waals surface area contributed by atoms with Gasteiger partial charge in [0.05, 0.1) is 35.0 Å². The van der Waals surface area contributed by atoms with Crippen LogP contribution in [0.25, 0.3) is 5.69 Å². The normalized spacial score (nSPS) is 12.2. The van der Waals surface area contributed by atoms with Crippen LogP contribution in [0.1, 0.15) is 30.6 Å². The summed E-state index contributed by atoms with van der Waals surface area (Å²) >= 11 is 0. The maximum absolute atomic E-state index is 12.2. The molecule has 24 heavy (non-hydrogen) atoms. The molecular weight excluding hydrogens is 312 g/mol. The zero-order chi connectivity index (χ0) is 17.7. The van der Waals surface area contributed by atoms with Crippen molar-refractivity contribution in [3.05, 3.63) is 52.3 Å². The molecule has 128 valence electrons. The van der Waals surface area contributed by atoms with Gasteiger partial charge >= 0.3 is 0 Å². The lowest BCUT2D eigenvalue weighted by atomic mass is 10.0. The number of carbonyl (C=O) groups is 1. The molecule has 1 amide bonds. The minimum Gasteiger partial charge on any atom is -0.394 e. The molecule has 1 atom stereocenters. The van der Waals surface area contributed by atoms with Gasteiger partial charge in [-0.25, -0.2) is 4.68 Å². The Morgan fingerprint density at radius 3 is 2.58 bits per heavy atom. The third-order valence-corrected chi connectivity index (χ3v) is 3.48. The van der Waals surface area contributed by atoms with Crippen LogP contribution >= 0.6 is 0 Å². The van der Waals surface area contributed by atoms with E-state index in [0.717, 1.165) is 0 Å². The molecule has 0 saturated heterocycles. The fraction of sp³-hybridized carbons (Fsp3) is 0.375. The smallest absolute Gasteiger partial charge is 0.269 e. The molecule has 0 radical (unpaired) electrons. The number of aromatic nitrogens is 2. The highest BCUT2D eigenvalue weighted by Crippen LogP contribution is 2.15. The summed E-state index contributed by atoms with van der Waals surface area (Å²) < 4.78 is 1.47. The van der Waals surface area contributed by atoms with E-state index >= 15 is 0 Å². The summed E-state index contributed by atoms with van der Waals surface area (Å²) in [6, 6.07) is 5.56. The van der Waals surface area contributed by atoms with Gasteiger partial charge in [-0.05, 0) is 24.5 Å². The van der Waals surface area contributed by atoms with E-state index in [1.807, 2.05) is 13.8 Å². The van der Waals surface area contributed by atoms with Crippen molar-refractivity contribution in [3.8, 4) is 5.69 Å². The fourth-order valence-corrected chi connectivity index (χ4v) is 2.33. The molecule has 1 aromatic carbocycles. The van der Waals surface area contributed by atoms with Crippen LogP contribution in [0.4, 0.5) is 5.69 Å². The SMILES string of the molecule is CC(C)CC(CO)NC(=O)c1cnn(-c2ccc([N+](=O)[O-])cc2)c1. The maximum Gasteiger partial charge on any atom is 0.269 e. The van der Waals surface area contributed by atoms with Gasteiger partial charge in [-0.3, -0.25) is 14.9 Å². The summed E-state index contributed by atoms with van der Waals surface area (Å²) in [4.78, 5) is 22.4. The average Bonchev–Trinajstić information content (AvgIpc) is 3.04. The molecule has 1 aromatic heterocycles. The predicted octanol–water partition coefficient (Wildman–Crippen LogP) is 1.92. The summed E-state index contributed by atoms with van der Waals surface area (Å²) in [6.45, 7) is 3.91. The van der Waals surface area contributed by atoms with Crippen molar-refractivity contribution >= 4 is 11.6 Å². The fourth-order valence-electron chi connectivity index (χ4n) is 2.33. The number of carbonyl (C=O) groups excluding carboxylic acids is 1. The highest BCUT2D eigenvalue weighted by atomic mass is 16.6. The third-order valence-electron chi connectivity index (χ3n) is 3.48. The molecule has 1 heterocycles. The van der Waals surface area contributed by atoms with E-state index < -0.39 is 4.92 Å². The van der Waals surface area contributed by atoms with Crippen molar-refractivity contribution in [1.82, 2.24) is 15.1 Å². The second kappa shape index (κ2) is 7.69. The first kappa shape index (κ1) is 17.6. The van der Waals surface area contributed by atoms with Crippen molar-refractivity contribution in [3.63, 3.8) is 0 Å². The Labute approximate surface area is 139 Å². The number of benzene rings is 1. The lowest BCUT2D eigenvalue weighted by molar-refractivity contribution is -0.384.